The van der Waals surface area contributed by atoms with E-state index in [2.05, 4.69) is 26.7 Å². The van der Waals surface area contributed by atoms with Crippen molar-refractivity contribution in [2.24, 2.45) is 10.8 Å². The Hall–Kier alpha value is -0.120. The van der Waals surface area contributed by atoms with Crippen LogP contribution in [-0.4, -0.2) is 108 Å². The number of carbonyl (C=O) groups is 2. The van der Waals surface area contributed by atoms with Crippen LogP contribution in [-0.2, 0) is 22.2 Å². The Morgan fingerprint density at radius 1 is 1.00 bits per heavy atom. The number of hydrogen-bond donors (Lipinski definition) is 2. The number of likely N-dealkylation sites (N-methyl/N-ethyl adjacent to an activating group) is 2. The van der Waals surface area contributed by atoms with Gasteiger partial charge in [-0.05, 0) is 38.9 Å². The van der Waals surface area contributed by atoms with Crippen molar-refractivity contribution in [3.05, 3.63) is 0 Å². The van der Waals surface area contributed by atoms with E-state index >= 15 is 0 Å². The van der Waals surface area contributed by atoms with Gasteiger partial charge in [-0.3, -0.25) is 9.59 Å². The van der Waals surface area contributed by atoms with Crippen LogP contribution in [0.4, 0.5) is 0 Å². The molecule has 0 amide bonds. The van der Waals surface area contributed by atoms with Crippen molar-refractivity contribution in [3.63, 3.8) is 0 Å². The second kappa shape index (κ2) is 19.9. The summed E-state index contributed by atoms with van der Waals surface area (Å²) in [6.45, 7) is 14.4. The lowest BCUT2D eigenvalue weighted by Gasteiger charge is -2.41. The summed E-state index contributed by atoms with van der Waals surface area (Å²) in [5.41, 5.74) is -0.343. The molecule has 222 valence electrons. The third kappa shape index (κ3) is 22.4. The molecule has 0 aromatic heterocycles. The summed E-state index contributed by atoms with van der Waals surface area (Å²) < 4.78 is 0.987. The molecule has 1 heterocycles. The van der Waals surface area contributed by atoms with Gasteiger partial charge < -0.3 is 19.6 Å². The summed E-state index contributed by atoms with van der Waals surface area (Å²) in [5, 5.41) is 18.4. The summed E-state index contributed by atoms with van der Waals surface area (Å²) >= 11 is 5.10. The number of likely N-dealkylation sites (tertiary alicyclic amines) is 1. The van der Waals surface area contributed by atoms with Gasteiger partial charge >= 0.3 is 1.43 Å². The molecule has 2 fully saturated rings. The smallest absolute Gasteiger partial charge is 0.391 e. The van der Waals surface area contributed by atoms with Gasteiger partial charge in [0, 0.05) is 42.4 Å². The predicted molar refractivity (Wildman–Crippen MR) is 167 cm³/mol. The average Bonchev–Trinajstić information content (AvgIpc) is 3.64. The predicted octanol–water partition coefficient (Wildman–Crippen LogP) is 4.15. The minimum absolute atomic E-state index is 0. The van der Waals surface area contributed by atoms with Crippen molar-refractivity contribution in [1.29, 1.82) is 0 Å². The maximum atomic E-state index is 11.6. The first-order valence-electron chi connectivity index (χ1n) is 14.1. The lowest BCUT2D eigenvalue weighted by atomic mass is 9.84. The van der Waals surface area contributed by atoms with Crippen LogP contribution in [0.5, 0.6) is 0 Å². The van der Waals surface area contributed by atoms with Crippen LogP contribution in [0, 0.1) is 10.8 Å². The molecule has 2 rings (SSSR count). The van der Waals surface area contributed by atoms with E-state index in [1.165, 1.54) is 19.3 Å². The molecular formula is C29H63N2O4S2+3. The third-order valence-corrected chi connectivity index (χ3v) is 7.79. The Morgan fingerprint density at radius 3 is 1.70 bits per heavy atom. The average molecular weight is 568 g/mol. The van der Waals surface area contributed by atoms with E-state index < -0.39 is 0 Å². The van der Waals surface area contributed by atoms with Crippen LogP contribution < -0.4 is 0 Å². The fourth-order valence-electron chi connectivity index (χ4n) is 3.66. The Balaban J connectivity index is -0.000000488. The third-order valence-electron chi connectivity index (χ3n) is 6.42. The lowest BCUT2D eigenvalue weighted by molar-refractivity contribution is -0.937. The van der Waals surface area contributed by atoms with Crippen molar-refractivity contribution in [2.75, 3.05) is 65.1 Å². The molecule has 2 aliphatic rings. The highest BCUT2D eigenvalue weighted by Crippen LogP contribution is 2.25. The number of aliphatic hydroxyl groups is 2. The zero-order valence-corrected chi connectivity index (χ0v) is 27.7. The molecule has 0 radical (unpaired) electrons. The van der Waals surface area contributed by atoms with Crippen molar-refractivity contribution < 1.29 is 25.7 Å². The standard InChI is InChI=1S/C13H27NO2S.C8H16OS.C5H12NO.C3H6/c1-6-12(16)13(2,3)7-8-17-10-11(15)9-14(4)5;1-4-7(9)8(2,3)5-6-10;1-6(2)3-5(7)4-6;1-2-3-1/h11,15H,6-10H2,1-5H3;10H,4-6H2,1-3H3;5,7H,3-4H2,1-2H3;1-3H2/q;;+1;/p+2. The van der Waals surface area contributed by atoms with Crippen molar-refractivity contribution in [2.45, 2.75) is 98.7 Å². The number of nitrogens with zero attached hydrogens (tertiary/aromatic N) is 2. The molecule has 8 heteroatoms. The molecule has 1 saturated carbocycles. The van der Waals surface area contributed by atoms with Crippen LogP contribution >= 0.6 is 11.8 Å². The normalized spacial score (nSPS) is 17.1. The summed E-state index contributed by atoms with van der Waals surface area (Å²) in [6.07, 6.45) is 7.28. The van der Waals surface area contributed by atoms with Gasteiger partial charge in [-0.15, -0.1) is 0 Å². The molecule has 1 aliphatic heterocycles. The van der Waals surface area contributed by atoms with Crippen molar-refractivity contribution in [3.8, 4) is 0 Å². The second-order valence-corrected chi connectivity index (χ2v) is 14.2. The topological polar surface area (TPSA) is 77.8 Å². The molecular weight excluding hydrogens is 504 g/mol. The first-order chi connectivity index (χ1) is 16.9. The van der Waals surface area contributed by atoms with Gasteiger partial charge in [-0.25, -0.2) is 0 Å². The number of hydrogen-bond acceptors (Lipinski definition) is 6. The highest BCUT2D eigenvalue weighted by molar-refractivity contribution is 7.99. The van der Waals surface area contributed by atoms with Gasteiger partial charge in [-0.2, -0.15) is 11.8 Å². The van der Waals surface area contributed by atoms with Crippen LogP contribution in [0.2, 0.25) is 0 Å². The van der Waals surface area contributed by atoms with E-state index in [1.54, 1.807) is 11.8 Å². The van der Waals surface area contributed by atoms with E-state index in [-0.39, 0.29) is 24.5 Å². The SMILES string of the molecule is C1CC1.CCC(=O)C(C)(C)CCSCC(O)CN(C)C.CCC(=O)C(C)(C)CC[SH2+].C[N+]1(C)CC(O)C1.[H+]. The number of thioether (sulfide) groups is 1. The largest absolute Gasteiger partial charge is 1.00 e. The highest BCUT2D eigenvalue weighted by atomic mass is 32.2. The molecule has 2 N–H and O–H groups in total. The summed E-state index contributed by atoms with van der Waals surface area (Å²) in [7, 11) is 8.15. The lowest BCUT2D eigenvalue weighted by Crippen LogP contribution is -2.61. The number of rotatable bonds is 13. The zero-order chi connectivity index (χ0) is 29.3. The van der Waals surface area contributed by atoms with E-state index in [4.69, 9.17) is 5.11 Å². The van der Waals surface area contributed by atoms with E-state index in [0.717, 1.165) is 47.7 Å². The van der Waals surface area contributed by atoms with Gasteiger partial charge in [0.1, 0.15) is 30.4 Å². The Labute approximate surface area is 240 Å². The van der Waals surface area contributed by atoms with Gasteiger partial charge in [0.05, 0.1) is 20.2 Å². The number of ketones is 2. The summed E-state index contributed by atoms with van der Waals surface area (Å²) in [4.78, 5) is 24.8. The zero-order valence-electron chi connectivity index (χ0n) is 26.9. The number of carbonyl (C=O) groups excluding carboxylic acids is 2. The number of quaternary nitrogens is 1. The van der Waals surface area contributed by atoms with Crippen LogP contribution in [0.1, 0.15) is 87.9 Å². The number of aliphatic hydroxyl groups excluding tert-OH is 2. The highest BCUT2D eigenvalue weighted by Gasteiger charge is 2.34. The summed E-state index contributed by atoms with van der Waals surface area (Å²) in [6, 6.07) is 0. The molecule has 1 aliphatic carbocycles. The van der Waals surface area contributed by atoms with E-state index in [1.807, 2.05) is 60.5 Å². The van der Waals surface area contributed by atoms with Crippen molar-refractivity contribution in [1.82, 2.24) is 4.90 Å². The first kappa shape index (κ1) is 39.0. The minimum Gasteiger partial charge on any atom is -0.391 e. The van der Waals surface area contributed by atoms with Gasteiger partial charge in [0.15, 0.2) is 6.10 Å². The first-order valence-corrected chi connectivity index (χ1v) is 15.9. The maximum absolute atomic E-state index is 11.6. The molecule has 37 heavy (non-hydrogen) atoms. The fourth-order valence-corrected chi connectivity index (χ4v) is 5.48. The molecule has 0 aromatic carbocycles. The molecule has 0 aromatic rings. The molecule has 6 nitrogen and oxygen atoms in total. The quantitative estimate of drug-likeness (QED) is 0.198. The molecule has 0 bridgehead atoms. The molecule has 1 atom stereocenters. The van der Waals surface area contributed by atoms with Gasteiger partial charge in [0.25, 0.3) is 0 Å². The Morgan fingerprint density at radius 2 is 1.43 bits per heavy atom. The van der Waals surface area contributed by atoms with Crippen LogP contribution in [0.15, 0.2) is 0 Å². The molecule has 0 spiro atoms. The van der Waals surface area contributed by atoms with Gasteiger partial charge in [0.2, 0.25) is 0 Å². The Bertz CT molecular complexity index is 619. The molecule has 1 saturated heterocycles. The van der Waals surface area contributed by atoms with E-state index in [9.17, 15) is 14.7 Å². The van der Waals surface area contributed by atoms with Crippen LogP contribution in [0.25, 0.3) is 0 Å². The maximum Gasteiger partial charge on any atom is 1.00 e. The fraction of sp³-hybridized carbons (Fsp3) is 0.931. The molecule has 1 unspecified atom stereocenters. The van der Waals surface area contributed by atoms with E-state index in [0.29, 0.717) is 31.0 Å². The van der Waals surface area contributed by atoms with Crippen molar-refractivity contribution >= 4 is 36.0 Å². The second-order valence-electron chi connectivity index (χ2n) is 12.6. The minimum atomic E-state index is -0.278. The van der Waals surface area contributed by atoms with Gasteiger partial charge in [-0.1, -0.05) is 60.8 Å². The monoisotopic (exact) mass is 567 g/mol. The number of Topliss-reactive ketones (excluding diaryl/α,β-unsaturated/α-hetero) is 2. The summed E-state index contributed by atoms with van der Waals surface area (Å²) in [5.74, 6) is 3.26. The van der Waals surface area contributed by atoms with Crippen LogP contribution in [0.3, 0.4) is 0 Å². The Kier molecular flexibility index (Phi) is 20.9.